The Morgan fingerprint density at radius 3 is 2.37 bits per heavy atom. The van der Waals surface area contributed by atoms with Crippen LogP contribution < -0.4 is 10.0 Å². The zero-order valence-electron chi connectivity index (χ0n) is 17.1. The molecule has 0 saturated carbocycles. The predicted octanol–water partition coefficient (Wildman–Crippen LogP) is 3.32. The van der Waals surface area contributed by atoms with E-state index in [0.29, 0.717) is 36.7 Å². The van der Waals surface area contributed by atoms with E-state index < -0.39 is 10.0 Å². The summed E-state index contributed by atoms with van der Waals surface area (Å²) in [5.74, 6) is 0.317. The summed E-state index contributed by atoms with van der Waals surface area (Å²) < 4.78 is 27.3. The van der Waals surface area contributed by atoms with Crippen LogP contribution in [0.4, 0.5) is 5.69 Å². The lowest BCUT2D eigenvalue weighted by Crippen LogP contribution is -2.46. The molecule has 1 aromatic heterocycles. The van der Waals surface area contributed by atoms with Crippen molar-refractivity contribution in [3.63, 3.8) is 0 Å². The number of amides is 2. The molecule has 2 aromatic rings. The number of sulfonamides is 1. The van der Waals surface area contributed by atoms with E-state index >= 15 is 0 Å². The molecular weight excluding hydrogens is 422 g/mol. The third-order valence-corrected chi connectivity index (χ3v) is 7.70. The van der Waals surface area contributed by atoms with Crippen molar-refractivity contribution >= 4 is 38.9 Å². The molecular formula is C21H27N3O4S2. The second-order valence-corrected chi connectivity index (χ2v) is 10.7. The van der Waals surface area contributed by atoms with Crippen molar-refractivity contribution in [3.8, 4) is 0 Å². The largest absolute Gasteiger partial charge is 0.349 e. The van der Waals surface area contributed by atoms with E-state index in [2.05, 4.69) is 10.0 Å². The number of thiophene rings is 1. The highest BCUT2D eigenvalue weighted by Gasteiger charge is 2.24. The van der Waals surface area contributed by atoms with Crippen molar-refractivity contribution in [1.82, 2.24) is 10.2 Å². The molecule has 2 amide bonds. The maximum atomic E-state index is 12.5. The Kier molecular flexibility index (Phi) is 7.14. The first-order chi connectivity index (χ1) is 14.2. The molecule has 0 spiro atoms. The van der Waals surface area contributed by atoms with E-state index in [0.717, 1.165) is 24.2 Å². The number of hydrogen-bond donors (Lipinski definition) is 2. The van der Waals surface area contributed by atoms with Crippen LogP contribution in [0.2, 0.25) is 0 Å². The van der Waals surface area contributed by atoms with Gasteiger partial charge in [-0.2, -0.15) is 0 Å². The number of hydrogen-bond acceptors (Lipinski definition) is 5. The Morgan fingerprint density at radius 1 is 1.13 bits per heavy atom. The molecule has 0 unspecified atom stereocenters. The lowest BCUT2D eigenvalue weighted by molar-refractivity contribution is -0.133. The van der Waals surface area contributed by atoms with Gasteiger partial charge in [0.05, 0.1) is 0 Å². The molecule has 0 atom stereocenters. The molecule has 1 aromatic carbocycles. The first-order valence-corrected chi connectivity index (χ1v) is 12.4. The normalized spacial score (nSPS) is 15.2. The molecule has 0 radical (unpaired) electrons. The van der Waals surface area contributed by atoms with E-state index in [-0.39, 0.29) is 22.1 Å². The summed E-state index contributed by atoms with van der Waals surface area (Å²) >= 11 is 1.14. The van der Waals surface area contributed by atoms with Crippen molar-refractivity contribution < 1.29 is 18.0 Å². The lowest BCUT2D eigenvalue weighted by atomic mass is 10.0. The Bertz CT molecular complexity index is 962. The molecule has 0 aliphatic carbocycles. The number of carbonyl (C=O) groups is 2. The zero-order valence-corrected chi connectivity index (χ0v) is 18.8. The number of rotatable bonds is 7. The fourth-order valence-electron chi connectivity index (χ4n) is 3.33. The Hall–Kier alpha value is -2.39. The van der Waals surface area contributed by atoms with E-state index in [4.69, 9.17) is 0 Å². The number of carbonyl (C=O) groups excluding carboxylic acids is 2. The van der Waals surface area contributed by atoms with E-state index in [1.165, 1.54) is 6.07 Å². The van der Waals surface area contributed by atoms with Crippen LogP contribution in [-0.2, 0) is 14.8 Å². The van der Waals surface area contributed by atoms with Gasteiger partial charge in [-0.3, -0.25) is 14.3 Å². The molecule has 1 saturated heterocycles. The van der Waals surface area contributed by atoms with Crippen LogP contribution in [0, 0.1) is 5.92 Å². The lowest BCUT2D eigenvalue weighted by Gasteiger charge is -2.32. The van der Waals surface area contributed by atoms with E-state index in [1.54, 1.807) is 35.7 Å². The second kappa shape index (κ2) is 9.61. The van der Waals surface area contributed by atoms with Crippen molar-refractivity contribution in [2.75, 3.05) is 17.8 Å². The van der Waals surface area contributed by atoms with Gasteiger partial charge in [-0.1, -0.05) is 19.9 Å². The monoisotopic (exact) mass is 449 g/mol. The molecule has 30 heavy (non-hydrogen) atoms. The van der Waals surface area contributed by atoms with Gasteiger partial charge in [0.15, 0.2) is 0 Å². The van der Waals surface area contributed by atoms with Gasteiger partial charge in [0.1, 0.15) is 4.21 Å². The summed E-state index contributed by atoms with van der Waals surface area (Å²) in [5, 5.41) is 4.71. The maximum absolute atomic E-state index is 12.5. The van der Waals surface area contributed by atoms with Crippen molar-refractivity contribution in [2.45, 2.75) is 43.4 Å². The molecule has 2 heterocycles. The molecule has 2 N–H and O–H groups in total. The molecule has 7 nitrogen and oxygen atoms in total. The topological polar surface area (TPSA) is 95.6 Å². The standard InChI is InChI=1S/C21H27N3O4S2/c1-15(2)14-19(25)24-11-9-17(10-12-24)22-21(26)16-5-7-18(8-6-16)23-30(27,28)20-4-3-13-29-20/h3-8,13,15,17,23H,9-12,14H2,1-2H3,(H,22,26). The average molecular weight is 450 g/mol. The SMILES string of the molecule is CC(C)CC(=O)N1CCC(NC(=O)c2ccc(NS(=O)(=O)c3cccs3)cc2)CC1. The Labute approximate surface area is 181 Å². The van der Waals surface area contributed by atoms with Gasteiger partial charge in [-0.15, -0.1) is 11.3 Å². The van der Waals surface area contributed by atoms with Crippen LogP contribution in [0.15, 0.2) is 46.0 Å². The number of nitrogens with one attached hydrogen (secondary N) is 2. The van der Waals surface area contributed by atoms with Gasteiger partial charge < -0.3 is 10.2 Å². The van der Waals surface area contributed by atoms with Gasteiger partial charge in [0.2, 0.25) is 5.91 Å². The summed E-state index contributed by atoms with van der Waals surface area (Å²) in [4.78, 5) is 26.6. The molecule has 1 aliphatic heterocycles. The fourth-order valence-corrected chi connectivity index (χ4v) is 5.38. The molecule has 0 bridgehead atoms. The molecule has 162 valence electrons. The van der Waals surface area contributed by atoms with Crippen molar-refractivity contribution in [3.05, 3.63) is 47.3 Å². The van der Waals surface area contributed by atoms with Gasteiger partial charge in [0, 0.05) is 36.8 Å². The van der Waals surface area contributed by atoms with Crippen LogP contribution in [-0.4, -0.2) is 44.3 Å². The fraction of sp³-hybridized carbons (Fsp3) is 0.429. The molecule has 1 aliphatic rings. The first-order valence-electron chi connectivity index (χ1n) is 9.99. The number of benzene rings is 1. The minimum atomic E-state index is -3.61. The third kappa shape index (κ3) is 5.82. The second-order valence-electron chi connectivity index (χ2n) is 7.84. The molecule has 3 rings (SSSR count). The number of piperidine rings is 1. The first kappa shape index (κ1) is 22.3. The van der Waals surface area contributed by atoms with Crippen LogP contribution >= 0.6 is 11.3 Å². The smallest absolute Gasteiger partial charge is 0.271 e. The summed E-state index contributed by atoms with van der Waals surface area (Å²) in [7, 11) is -3.61. The zero-order chi connectivity index (χ0) is 21.7. The van der Waals surface area contributed by atoms with Crippen molar-refractivity contribution in [1.29, 1.82) is 0 Å². The maximum Gasteiger partial charge on any atom is 0.271 e. The van der Waals surface area contributed by atoms with Gasteiger partial charge in [-0.05, 0) is 54.5 Å². The quantitative estimate of drug-likeness (QED) is 0.678. The van der Waals surface area contributed by atoms with Crippen LogP contribution in [0.25, 0.3) is 0 Å². The predicted molar refractivity (Wildman–Crippen MR) is 118 cm³/mol. The number of nitrogens with zero attached hydrogens (tertiary/aromatic N) is 1. The minimum Gasteiger partial charge on any atom is -0.349 e. The van der Waals surface area contributed by atoms with Crippen LogP contribution in [0.1, 0.15) is 43.5 Å². The highest BCUT2D eigenvalue weighted by atomic mass is 32.2. The molecule has 9 heteroatoms. The number of likely N-dealkylation sites (tertiary alicyclic amines) is 1. The Morgan fingerprint density at radius 2 is 1.80 bits per heavy atom. The Balaban J connectivity index is 1.51. The third-order valence-electron chi connectivity index (χ3n) is 4.92. The van der Waals surface area contributed by atoms with Crippen LogP contribution in [0.3, 0.4) is 0 Å². The number of anilines is 1. The van der Waals surface area contributed by atoms with Gasteiger partial charge >= 0.3 is 0 Å². The summed E-state index contributed by atoms with van der Waals surface area (Å²) in [6.07, 6.45) is 2.02. The van der Waals surface area contributed by atoms with Crippen LogP contribution in [0.5, 0.6) is 0 Å². The van der Waals surface area contributed by atoms with E-state index in [9.17, 15) is 18.0 Å². The van der Waals surface area contributed by atoms with Gasteiger partial charge in [0.25, 0.3) is 15.9 Å². The van der Waals surface area contributed by atoms with E-state index in [1.807, 2.05) is 18.7 Å². The summed E-state index contributed by atoms with van der Waals surface area (Å²) in [6.45, 7) is 5.37. The van der Waals surface area contributed by atoms with Gasteiger partial charge in [-0.25, -0.2) is 8.42 Å². The summed E-state index contributed by atoms with van der Waals surface area (Å²) in [5.41, 5.74) is 0.865. The average Bonchev–Trinajstić information content (AvgIpc) is 3.24. The highest BCUT2D eigenvalue weighted by molar-refractivity contribution is 7.94. The van der Waals surface area contributed by atoms with Crippen molar-refractivity contribution in [2.24, 2.45) is 5.92 Å². The molecule has 1 fully saturated rings. The summed E-state index contributed by atoms with van der Waals surface area (Å²) in [6, 6.07) is 9.60. The minimum absolute atomic E-state index is 0.0256. The highest BCUT2D eigenvalue weighted by Crippen LogP contribution is 2.21.